The highest BCUT2D eigenvalue weighted by molar-refractivity contribution is 9.11. The van der Waals surface area contributed by atoms with Crippen molar-refractivity contribution in [2.24, 2.45) is 11.7 Å². The van der Waals surface area contributed by atoms with Gasteiger partial charge in [0.15, 0.2) is 12.5 Å². The maximum absolute atomic E-state index is 12.0. The van der Waals surface area contributed by atoms with E-state index in [1.807, 2.05) is 13.8 Å². The van der Waals surface area contributed by atoms with Crippen molar-refractivity contribution in [2.45, 2.75) is 32.4 Å². The van der Waals surface area contributed by atoms with E-state index in [-0.39, 0.29) is 24.7 Å². The monoisotopic (exact) mass is 417 g/mol. The Morgan fingerprint density at radius 2 is 2.28 bits per heavy atom. The number of aromatic amines is 1. The van der Waals surface area contributed by atoms with E-state index in [2.05, 4.69) is 20.9 Å². The SMILES string of the molecule is CC(C)[C@H](N)C(=O)OC[C@H]1OC[C@@H](n2cc(/C=C/Br)c(=O)[nH]c2=O)O1. The standard InChI is InChI=1S/C15H20BrN3O6/c1-8(2)12(17)14(21)24-7-11-23-6-10(25-11)19-5-9(3-4-16)13(20)18-15(19)22/h3-5,8,10-12H,6-7,17H2,1-2H3,(H,18,20,22)/b4-3+/t10-,11-,12-/m0/s1. The van der Waals surface area contributed by atoms with Gasteiger partial charge in [0.05, 0.1) is 12.2 Å². The third-order valence-corrected chi connectivity index (χ3v) is 3.90. The predicted molar refractivity (Wildman–Crippen MR) is 92.9 cm³/mol. The van der Waals surface area contributed by atoms with Crippen molar-refractivity contribution < 1.29 is 19.0 Å². The molecule has 0 aromatic carbocycles. The van der Waals surface area contributed by atoms with Crippen LogP contribution in [0.25, 0.3) is 6.08 Å². The first kappa shape index (κ1) is 19.6. The van der Waals surface area contributed by atoms with Crippen molar-refractivity contribution in [1.29, 1.82) is 0 Å². The zero-order chi connectivity index (χ0) is 18.6. The number of hydrogen-bond acceptors (Lipinski definition) is 7. The summed E-state index contributed by atoms with van der Waals surface area (Å²) in [5, 5.41) is 0. The molecule has 3 N–H and O–H groups in total. The predicted octanol–water partition coefficient (Wildman–Crippen LogP) is 0.300. The zero-order valence-corrected chi connectivity index (χ0v) is 15.4. The number of H-pyrrole nitrogens is 1. The summed E-state index contributed by atoms with van der Waals surface area (Å²) in [6.07, 6.45) is 1.31. The van der Waals surface area contributed by atoms with Gasteiger partial charge in [0, 0.05) is 6.20 Å². The van der Waals surface area contributed by atoms with E-state index in [4.69, 9.17) is 19.9 Å². The fourth-order valence-electron chi connectivity index (χ4n) is 2.10. The molecule has 0 amide bonds. The van der Waals surface area contributed by atoms with Crippen LogP contribution in [-0.4, -0.2) is 41.1 Å². The Morgan fingerprint density at radius 3 is 2.92 bits per heavy atom. The largest absolute Gasteiger partial charge is 0.459 e. The summed E-state index contributed by atoms with van der Waals surface area (Å²) in [7, 11) is 0. The molecule has 0 bridgehead atoms. The molecule has 0 radical (unpaired) electrons. The zero-order valence-electron chi connectivity index (χ0n) is 13.8. The van der Waals surface area contributed by atoms with E-state index in [1.54, 1.807) is 0 Å². The first-order valence-electron chi connectivity index (χ1n) is 7.65. The number of nitrogens with zero attached hydrogens (tertiary/aromatic N) is 1. The summed E-state index contributed by atoms with van der Waals surface area (Å²) in [6, 6.07) is -0.724. The van der Waals surface area contributed by atoms with Crippen LogP contribution in [0, 0.1) is 5.92 Å². The summed E-state index contributed by atoms with van der Waals surface area (Å²) in [5.74, 6) is -0.595. The third kappa shape index (κ3) is 4.88. The van der Waals surface area contributed by atoms with Gasteiger partial charge in [-0.25, -0.2) is 4.79 Å². The molecule has 0 aliphatic carbocycles. The van der Waals surface area contributed by atoms with Crippen molar-refractivity contribution in [3.05, 3.63) is 37.6 Å². The molecule has 1 aromatic rings. The van der Waals surface area contributed by atoms with Crippen LogP contribution in [-0.2, 0) is 19.0 Å². The average molecular weight is 418 g/mol. The number of esters is 1. The van der Waals surface area contributed by atoms with Crippen LogP contribution in [0.1, 0.15) is 25.6 Å². The molecule has 25 heavy (non-hydrogen) atoms. The topological polar surface area (TPSA) is 126 Å². The van der Waals surface area contributed by atoms with Gasteiger partial charge < -0.3 is 19.9 Å². The van der Waals surface area contributed by atoms with Crippen LogP contribution in [0.15, 0.2) is 20.8 Å². The number of nitrogens with two attached hydrogens (primary N) is 1. The summed E-state index contributed by atoms with van der Waals surface area (Å²) >= 11 is 3.08. The third-order valence-electron chi connectivity index (χ3n) is 3.63. The Bertz CT molecular complexity index is 756. The molecule has 0 unspecified atom stereocenters. The minimum Gasteiger partial charge on any atom is -0.459 e. The number of rotatable bonds is 6. The average Bonchev–Trinajstić information content (AvgIpc) is 3.03. The van der Waals surface area contributed by atoms with Gasteiger partial charge >= 0.3 is 11.7 Å². The Morgan fingerprint density at radius 1 is 1.56 bits per heavy atom. The molecule has 1 fully saturated rings. The molecule has 0 spiro atoms. The van der Waals surface area contributed by atoms with Gasteiger partial charge in [-0.1, -0.05) is 29.8 Å². The number of carbonyl (C=O) groups excluding carboxylic acids is 1. The second-order valence-electron chi connectivity index (χ2n) is 5.80. The minimum atomic E-state index is -0.817. The molecule has 1 aliphatic rings. The second-order valence-corrected chi connectivity index (χ2v) is 6.33. The Kier molecular flexibility index (Phi) is 6.71. The van der Waals surface area contributed by atoms with Crippen LogP contribution in [0.3, 0.4) is 0 Å². The summed E-state index contributed by atoms with van der Waals surface area (Å²) in [4.78, 5) is 39.1. The maximum Gasteiger partial charge on any atom is 0.330 e. The number of hydrogen-bond donors (Lipinski definition) is 2. The Balaban J connectivity index is 2.01. The minimum absolute atomic E-state index is 0.0497. The molecule has 1 saturated heterocycles. The number of carbonyl (C=O) groups is 1. The fourth-order valence-corrected chi connectivity index (χ4v) is 2.38. The molecular weight excluding hydrogens is 398 g/mol. The lowest BCUT2D eigenvalue weighted by Gasteiger charge is -2.17. The van der Waals surface area contributed by atoms with Gasteiger partial charge in [-0.15, -0.1) is 0 Å². The van der Waals surface area contributed by atoms with Gasteiger partial charge in [0.25, 0.3) is 5.56 Å². The van der Waals surface area contributed by atoms with Gasteiger partial charge in [0.2, 0.25) is 0 Å². The van der Waals surface area contributed by atoms with Gasteiger partial charge in [-0.3, -0.25) is 19.1 Å². The van der Waals surface area contributed by atoms with E-state index in [0.717, 1.165) is 0 Å². The molecule has 2 heterocycles. The molecular formula is C15H20BrN3O6. The Hall–Kier alpha value is -1.75. The van der Waals surface area contributed by atoms with Crippen LogP contribution in [0.4, 0.5) is 0 Å². The lowest BCUT2D eigenvalue weighted by atomic mass is 10.1. The van der Waals surface area contributed by atoms with Crippen molar-refractivity contribution in [2.75, 3.05) is 13.2 Å². The highest BCUT2D eigenvalue weighted by atomic mass is 79.9. The molecule has 10 heteroatoms. The van der Waals surface area contributed by atoms with Crippen molar-refractivity contribution in [3.8, 4) is 0 Å². The molecule has 1 aromatic heterocycles. The highest BCUT2D eigenvalue weighted by Crippen LogP contribution is 2.20. The van der Waals surface area contributed by atoms with Crippen molar-refractivity contribution in [3.63, 3.8) is 0 Å². The van der Waals surface area contributed by atoms with Gasteiger partial charge in [-0.05, 0) is 17.0 Å². The quantitative estimate of drug-likeness (QED) is 0.637. The van der Waals surface area contributed by atoms with Crippen molar-refractivity contribution >= 4 is 28.0 Å². The summed E-state index contributed by atoms with van der Waals surface area (Å²) < 4.78 is 17.2. The Labute approximate surface area is 151 Å². The number of aromatic nitrogens is 2. The van der Waals surface area contributed by atoms with Crippen LogP contribution in [0.5, 0.6) is 0 Å². The van der Waals surface area contributed by atoms with E-state index >= 15 is 0 Å². The second kappa shape index (κ2) is 8.56. The lowest BCUT2D eigenvalue weighted by Crippen LogP contribution is -2.38. The molecule has 2 rings (SSSR count). The normalized spacial score (nSPS) is 21.8. The first-order valence-corrected chi connectivity index (χ1v) is 8.56. The molecule has 1 aliphatic heterocycles. The first-order chi connectivity index (χ1) is 11.8. The van der Waals surface area contributed by atoms with E-state index in [9.17, 15) is 14.4 Å². The number of nitrogens with one attached hydrogen (secondary N) is 1. The van der Waals surface area contributed by atoms with Gasteiger partial charge in [-0.2, -0.15) is 0 Å². The summed E-state index contributed by atoms with van der Waals surface area (Å²) in [5.41, 5.74) is 4.84. The van der Waals surface area contributed by atoms with Crippen molar-refractivity contribution in [1.82, 2.24) is 9.55 Å². The van der Waals surface area contributed by atoms with Crippen LogP contribution >= 0.6 is 15.9 Å². The molecule has 138 valence electrons. The smallest absolute Gasteiger partial charge is 0.330 e. The van der Waals surface area contributed by atoms with Crippen LogP contribution in [0.2, 0.25) is 0 Å². The number of halogens is 1. The lowest BCUT2D eigenvalue weighted by molar-refractivity contribution is -0.161. The fraction of sp³-hybridized carbons (Fsp3) is 0.533. The van der Waals surface area contributed by atoms with Crippen LogP contribution < -0.4 is 17.0 Å². The summed E-state index contributed by atoms with van der Waals surface area (Å²) in [6.45, 7) is 3.56. The highest BCUT2D eigenvalue weighted by Gasteiger charge is 2.30. The maximum atomic E-state index is 12.0. The van der Waals surface area contributed by atoms with Gasteiger partial charge in [0.1, 0.15) is 12.6 Å². The van der Waals surface area contributed by atoms with E-state index in [0.29, 0.717) is 0 Å². The molecule has 0 saturated carbocycles. The van der Waals surface area contributed by atoms with E-state index < -0.39 is 35.8 Å². The van der Waals surface area contributed by atoms with E-state index in [1.165, 1.54) is 21.8 Å². The number of ether oxygens (including phenoxy) is 3. The molecule has 9 nitrogen and oxygen atoms in total. The molecule has 3 atom stereocenters.